The lowest BCUT2D eigenvalue weighted by Crippen LogP contribution is -1.76. The second-order valence-corrected chi connectivity index (χ2v) is 3.41. The lowest BCUT2D eigenvalue weighted by atomic mass is 10.1. The zero-order valence-electron chi connectivity index (χ0n) is 7.33. The molecule has 0 spiro atoms. The number of halogens is 1. The molecule has 0 heterocycles. The molecule has 0 atom stereocenters. The molecule has 0 saturated carbocycles. The number of rotatable bonds is 5. The fourth-order valence-electron chi connectivity index (χ4n) is 0.953. The molecule has 0 aromatic heterocycles. The molecule has 64 valence electrons. The lowest BCUT2D eigenvalue weighted by Gasteiger charge is -1.94. The van der Waals surface area contributed by atoms with E-state index >= 15 is 0 Å². The quantitative estimate of drug-likeness (QED) is 0.307. The van der Waals surface area contributed by atoms with Crippen molar-refractivity contribution in [3.63, 3.8) is 0 Å². The van der Waals surface area contributed by atoms with E-state index in [4.69, 9.17) is 0 Å². The molecule has 1 heteroatoms. The first-order chi connectivity index (χ1) is 5.41. The van der Waals surface area contributed by atoms with Gasteiger partial charge in [-0.1, -0.05) is 61.1 Å². The van der Waals surface area contributed by atoms with Crippen molar-refractivity contribution < 1.29 is 0 Å². The Morgan fingerprint density at radius 3 is 2.36 bits per heavy atom. The van der Waals surface area contributed by atoms with Crippen LogP contribution < -0.4 is 0 Å². The minimum Gasteiger partial charge on any atom is -0.103 e. The van der Waals surface area contributed by atoms with Gasteiger partial charge in [0.1, 0.15) is 0 Å². The summed E-state index contributed by atoms with van der Waals surface area (Å²) >= 11 is 2.29. The molecule has 11 heavy (non-hydrogen) atoms. The molecule has 0 aliphatic carbocycles. The van der Waals surface area contributed by atoms with E-state index in [1.54, 1.807) is 0 Å². The van der Waals surface area contributed by atoms with E-state index < -0.39 is 0 Å². The summed E-state index contributed by atoms with van der Waals surface area (Å²) < 4.78 is 0.979. The first-order valence-corrected chi connectivity index (χ1v) is 5.96. The number of unbranched alkanes of at least 4 members (excludes halogenated alkanes) is 5. The Hall–Kier alpha value is 0.290. The van der Waals surface area contributed by atoms with Crippen LogP contribution >= 0.6 is 22.6 Å². The number of hydrogen-bond donors (Lipinski definition) is 0. The van der Waals surface area contributed by atoms with Gasteiger partial charge in [-0.25, -0.2) is 0 Å². The third-order valence-electron chi connectivity index (χ3n) is 1.60. The van der Waals surface area contributed by atoms with Crippen molar-refractivity contribution >= 4 is 22.6 Å². The van der Waals surface area contributed by atoms with Gasteiger partial charge in [-0.3, -0.25) is 0 Å². The van der Waals surface area contributed by atoms with Crippen LogP contribution in [0, 0.1) is 11.8 Å². The molecule has 0 nitrogen and oxygen atoms in total. The zero-order chi connectivity index (χ0) is 8.36. The second-order valence-electron chi connectivity index (χ2n) is 2.65. The topological polar surface area (TPSA) is 0 Å². The van der Waals surface area contributed by atoms with Gasteiger partial charge in [0.15, 0.2) is 0 Å². The van der Waals surface area contributed by atoms with Crippen molar-refractivity contribution in [2.45, 2.75) is 45.4 Å². The van der Waals surface area contributed by atoms with Gasteiger partial charge >= 0.3 is 0 Å². The van der Waals surface area contributed by atoms with Crippen LogP contribution in [0.3, 0.4) is 0 Å². The number of alkyl halides is 1. The highest BCUT2D eigenvalue weighted by Gasteiger charge is 1.85. The van der Waals surface area contributed by atoms with Crippen LogP contribution in [0.15, 0.2) is 0 Å². The third kappa shape index (κ3) is 10.3. The van der Waals surface area contributed by atoms with E-state index in [1.807, 2.05) is 0 Å². The molecule has 0 amide bonds. The minimum atomic E-state index is 0.979. The molecule has 0 saturated heterocycles. The minimum absolute atomic E-state index is 0.979. The van der Waals surface area contributed by atoms with Gasteiger partial charge in [0, 0.05) is 6.42 Å². The predicted molar refractivity (Wildman–Crippen MR) is 60.0 cm³/mol. The fraction of sp³-hybridized carbons (Fsp3) is 0.800. The highest BCUT2D eigenvalue weighted by Crippen LogP contribution is 2.03. The van der Waals surface area contributed by atoms with Crippen LogP contribution in [0.1, 0.15) is 45.4 Å². The van der Waals surface area contributed by atoms with Gasteiger partial charge in [0.2, 0.25) is 0 Å². The van der Waals surface area contributed by atoms with Crippen LogP contribution in [0.25, 0.3) is 0 Å². The van der Waals surface area contributed by atoms with Crippen LogP contribution in [0.5, 0.6) is 0 Å². The Morgan fingerprint density at radius 1 is 1.00 bits per heavy atom. The molecule has 0 bridgehead atoms. The van der Waals surface area contributed by atoms with E-state index in [1.165, 1.54) is 32.1 Å². The molecule has 0 aromatic carbocycles. The number of hydrogen-bond acceptors (Lipinski definition) is 0. The summed E-state index contributed by atoms with van der Waals surface area (Å²) in [5, 5.41) is 0. The molecule has 0 N–H and O–H groups in total. The monoisotopic (exact) mass is 264 g/mol. The summed E-state index contributed by atoms with van der Waals surface area (Å²) in [4.78, 5) is 0. The average Bonchev–Trinajstić information content (AvgIpc) is 2.03. The van der Waals surface area contributed by atoms with Gasteiger partial charge in [-0.2, -0.15) is 0 Å². The molecule has 0 fully saturated rings. The fourth-order valence-corrected chi connectivity index (χ4v) is 1.22. The van der Waals surface area contributed by atoms with Crippen LogP contribution in [0.2, 0.25) is 0 Å². The summed E-state index contributed by atoms with van der Waals surface area (Å²) in [7, 11) is 0. The Balaban J connectivity index is 2.90. The molecule has 0 rings (SSSR count). The predicted octanol–water partition coefficient (Wildman–Crippen LogP) is 3.79. The Bertz CT molecular complexity index is 119. The maximum absolute atomic E-state index is 3.15. The molecule has 0 aliphatic heterocycles. The first kappa shape index (κ1) is 11.3. The maximum Gasteiger partial charge on any atom is 0.0609 e. The molecular weight excluding hydrogens is 247 g/mol. The normalized spacial score (nSPS) is 8.91. The summed E-state index contributed by atoms with van der Waals surface area (Å²) in [5.74, 6) is 6.23. The SMILES string of the molecule is CCCCCCCC#CCI. The summed E-state index contributed by atoms with van der Waals surface area (Å²) in [5.41, 5.74) is 0. The summed E-state index contributed by atoms with van der Waals surface area (Å²) in [6.45, 7) is 2.25. The molecule has 0 aliphatic rings. The average molecular weight is 264 g/mol. The zero-order valence-corrected chi connectivity index (χ0v) is 9.49. The first-order valence-electron chi connectivity index (χ1n) is 4.43. The van der Waals surface area contributed by atoms with E-state index in [2.05, 4.69) is 41.4 Å². The van der Waals surface area contributed by atoms with E-state index in [9.17, 15) is 0 Å². The largest absolute Gasteiger partial charge is 0.103 e. The highest BCUT2D eigenvalue weighted by molar-refractivity contribution is 14.1. The molecule has 0 unspecified atom stereocenters. The van der Waals surface area contributed by atoms with Crippen molar-refractivity contribution in [1.29, 1.82) is 0 Å². The summed E-state index contributed by atoms with van der Waals surface area (Å²) in [6.07, 6.45) is 7.88. The van der Waals surface area contributed by atoms with Gasteiger partial charge in [0.05, 0.1) is 4.43 Å². The van der Waals surface area contributed by atoms with Crippen molar-refractivity contribution in [3.8, 4) is 11.8 Å². The van der Waals surface area contributed by atoms with Crippen LogP contribution in [-0.2, 0) is 0 Å². The van der Waals surface area contributed by atoms with E-state index in [0.29, 0.717) is 0 Å². The lowest BCUT2D eigenvalue weighted by molar-refractivity contribution is 0.641. The van der Waals surface area contributed by atoms with Gasteiger partial charge in [-0.15, -0.1) is 5.92 Å². The van der Waals surface area contributed by atoms with Gasteiger partial charge < -0.3 is 0 Å². The van der Waals surface area contributed by atoms with E-state index in [0.717, 1.165) is 10.8 Å². The van der Waals surface area contributed by atoms with Crippen LogP contribution in [0.4, 0.5) is 0 Å². The smallest absolute Gasteiger partial charge is 0.0609 e. The second kappa shape index (κ2) is 10.3. The molecule has 0 aromatic rings. The van der Waals surface area contributed by atoms with Gasteiger partial charge in [-0.05, 0) is 6.42 Å². The molecular formula is C10H17I. The Kier molecular flexibility index (Phi) is 10.6. The van der Waals surface area contributed by atoms with Crippen molar-refractivity contribution in [3.05, 3.63) is 0 Å². The third-order valence-corrected chi connectivity index (χ3v) is 1.98. The maximum atomic E-state index is 3.15. The highest BCUT2D eigenvalue weighted by atomic mass is 127. The van der Waals surface area contributed by atoms with Crippen molar-refractivity contribution in [2.24, 2.45) is 0 Å². The van der Waals surface area contributed by atoms with Crippen molar-refractivity contribution in [2.75, 3.05) is 4.43 Å². The standard InChI is InChI=1S/C10H17I/c1-2-3-4-5-6-7-8-9-10-11/h2-7,10H2,1H3. The Morgan fingerprint density at radius 2 is 1.73 bits per heavy atom. The van der Waals surface area contributed by atoms with Gasteiger partial charge in [0.25, 0.3) is 0 Å². The van der Waals surface area contributed by atoms with Crippen LogP contribution in [-0.4, -0.2) is 4.43 Å². The molecule has 0 radical (unpaired) electrons. The van der Waals surface area contributed by atoms with E-state index in [-0.39, 0.29) is 0 Å². The summed E-state index contributed by atoms with van der Waals surface area (Å²) in [6, 6.07) is 0. The van der Waals surface area contributed by atoms with Crippen molar-refractivity contribution in [1.82, 2.24) is 0 Å². The Labute approximate surface area is 84.3 Å².